The van der Waals surface area contributed by atoms with Crippen LogP contribution in [-0.2, 0) is 4.79 Å². The van der Waals surface area contributed by atoms with E-state index < -0.39 is 4.92 Å². The quantitative estimate of drug-likeness (QED) is 0.365. The van der Waals surface area contributed by atoms with Gasteiger partial charge in [-0.2, -0.15) is 0 Å². The van der Waals surface area contributed by atoms with Crippen LogP contribution in [0.2, 0.25) is 0 Å². The van der Waals surface area contributed by atoms with Crippen LogP contribution in [0.15, 0.2) is 82.6 Å². The summed E-state index contributed by atoms with van der Waals surface area (Å²) in [7, 11) is 0. The summed E-state index contributed by atoms with van der Waals surface area (Å²) < 4.78 is 0. The zero-order valence-electron chi connectivity index (χ0n) is 14.9. The molecule has 0 spiro atoms. The third kappa shape index (κ3) is 4.63. The molecule has 0 saturated carbocycles. The molecule has 0 saturated heterocycles. The third-order valence-corrected chi connectivity index (χ3v) is 4.93. The van der Waals surface area contributed by atoms with Crippen molar-refractivity contribution in [2.24, 2.45) is 0 Å². The number of hydrogen-bond acceptors (Lipinski definition) is 5. The maximum Gasteiger partial charge on any atom is 0.283 e. The van der Waals surface area contributed by atoms with E-state index in [9.17, 15) is 19.7 Å². The van der Waals surface area contributed by atoms with Crippen LogP contribution >= 0.6 is 11.8 Å². The van der Waals surface area contributed by atoms with Gasteiger partial charge in [0.2, 0.25) is 5.91 Å². The van der Waals surface area contributed by atoms with Crippen LogP contribution in [0, 0.1) is 10.1 Å². The number of benzene rings is 3. The molecule has 140 valence electrons. The number of amides is 1. The van der Waals surface area contributed by atoms with E-state index in [2.05, 4.69) is 5.32 Å². The summed E-state index contributed by atoms with van der Waals surface area (Å²) in [5.41, 5.74) is 1.27. The van der Waals surface area contributed by atoms with E-state index >= 15 is 0 Å². The zero-order valence-corrected chi connectivity index (χ0v) is 15.7. The summed E-state index contributed by atoms with van der Waals surface area (Å²) in [5.74, 6) is -0.436. The van der Waals surface area contributed by atoms with Gasteiger partial charge in [-0.3, -0.25) is 19.7 Å². The molecule has 6 nitrogen and oxygen atoms in total. The molecule has 3 aromatic rings. The van der Waals surface area contributed by atoms with Gasteiger partial charge in [0, 0.05) is 34.7 Å². The highest BCUT2D eigenvalue weighted by atomic mass is 32.2. The number of anilines is 1. The van der Waals surface area contributed by atoms with Gasteiger partial charge in [0.05, 0.1) is 9.82 Å². The molecule has 0 fully saturated rings. The molecule has 28 heavy (non-hydrogen) atoms. The zero-order chi connectivity index (χ0) is 20.1. The molecule has 0 unspecified atom stereocenters. The van der Waals surface area contributed by atoms with Crippen LogP contribution in [0.3, 0.4) is 0 Å². The second kappa shape index (κ2) is 8.49. The summed E-state index contributed by atoms with van der Waals surface area (Å²) in [6, 6.07) is 20.1. The third-order valence-electron chi connectivity index (χ3n) is 3.86. The van der Waals surface area contributed by atoms with Crippen molar-refractivity contribution in [1.29, 1.82) is 0 Å². The van der Waals surface area contributed by atoms with Crippen molar-refractivity contribution in [3.8, 4) is 0 Å². The molecule has 0 heterocycles. The first kappa shape index (κ1) is 19.3. The van der Waals surface area contributed by atoms with Gasteiger partial charge in [0.1, 0.15) is 0 Å². The van der Waals surface area contributed by atoms with Crippen molar-refractivity contribution in [2.75, 3.05) is 5.32 Å². The molecule has 0 aliphatic carbocycles. The van der Waals surface area contributed by atoms with Crippen molar-refractivity contribution in [3.63, 3.8) is 0 Å². The fourth-order valence-electron chi connectivity index (χ4n) is 2.58. The normalized spacial score (nSPS) is 10.3. The number of nitro groups is 1. The minimum atomic E-state index is -0.490. The topological polar surface area (TPSA) is 89.3 Å². The maximum atomic E-state index is 12.6. The first-order chi connectivity index (χ1) is 13.4. The smallest absolute Gasteiger partial charge is 0.283 e. The van der Waals surface area contributed by atoms with Gasteiger partial charge in [0.15, 0.2) is 5.78 Å². The van der Waals surface area contributed by atoms with E-state index in [-0.39, 0.29) is 22.9 Å². The largest absolute Gasteiger partial charge is 0.326 e. The lowest BCUT2D eigenvalue weighted by molar-refractivity contribution is -0.387. The Morgan fingerprint density at radius 1 is 0.929 bits per heavy atom. The number of carbonyl (C=O) groups is 2. The van der Waals surface area contributed by atoms with Crippen molar-refractivity contribution in [3.05, 3.63) is 94.0 Å². The number of carbonyl (C=O) groups excluding carboxylic acids is 2. The first-order valence-corrected chi connectivity index (χ1v) is 9.19. The summed E-state index contributed by atoms with van der Waals surface area (Å²) in [6.45, 7) is 1.42. The van der Waals surface area contributed by atoms with Crippen molar-refractivity contribution in [2.45, 2.75) is 16.7 Å². The molecular formula is C21H16N2O4S. The molecule has 1 N–H and O–H groups in total. The van der Waals surface area contributed by atoms with Crippen LogP contribution in [-0.4, -0.2) is 16.6 Å². The highest BCUT2D eigenvalue weighted by Crippen LogP contribution is 2.36. The van der Waals surface area contributed by atoms with Crippen molar-refractivity contribution < 1.29 is 14.5 Å². The van der Waals surface area contributed by atoms with E-state index in [1.165, 1.54) is 24.8 Å². The molecule has 0 radical (unpaired) electrons. The number of nitrogens with zero attached hydrogens (tertiary/aromatic N) is 1. The Morgan fingerprint density at radius 3 is 2.21 bits per heavy atom. The highest BCUT2D eigenvalue weighted by Gasteiger charge is 2.19. The predicted octanol–water partition coefficient (Wildman–Crippen LogP) is 4.94. The van der Waals surface area contributed by atoms with E-state index in [0.29, 0.717) is 16.1 Å². The minimum absolute atomic E-state index is 0.127. The Hall–Kier alpha value is -3.45. The molecule has 1 amide bonds. The fraction of sp³-hybridized carbons (Fsp3) is 0.0476. The van der Waals surface area contributed by atoms with Gasteiger partial charge in [-0.05, 0) is 36.4 Å². The van der Waals surface area contributed by atoms with Crippen LogP contribution < -0.4 is 5.32 Å². The molecular weight excluding hydrogens is 376 g/mol. The maximum absolute atomic E-state index is 12.6. The molecule has 3 rings (SSSR count). The van der Waals surface area contributed by atoms with Crippen LogP contribution in [0.4, 0.5) is 11.4 Å². The van der Waals surface area contributed by atoms with Gasteiger partial charge in [-0.1, -0.05) is 42.1 Å². The van der Waals surface area contributed by atoms with Crippen molar-refractivity contribution in [1.82, 2.24) is 0 Å². The fourth-order valence-corrected chi connectivity index (χ4v) is 3.48. The summed E-state index contributed by atoms with van der Waals surface area (Å²) >= 11 is 1.22. The van der Waals surface area contributed by atoms with Gasteiger partial charge < -0.3 is 5.32 Å². The highest BCUT2D eigenvalue weighted by molar-refractivity contribution is 7.99. The van der Waals surface area contributed by atoms with Crippen LogP contribution in [0.25, 0.3) is 0 Å². The van der Waals surface area contributed by atoms with Crippen molar-refractivity contribution >= 4 is 34.8 Å². The number of hydrogen-bond donors (Lipinski definition) is 1. The molecule has 3 aromatic carbocycles. The molecule has 0 aromatic heterocycles. The van der Waals surface area contributed by atoms with Gasteiger partial charge >= 0.3 is 0 Å². The SMILES string of the molecule is CC(=O)Nc1ccc(Sc2ccc(C(=O)c3ccccc3)cc2[N+](=O)[O-])cc1. The monoisotopic (exact) mass is 392 g/mol. The number of ketones is 1. The molecule has 0 aliphatic rings. The summed E-state index contributed by atoms with van der Waals surface area (Å²) in [4.78, 5) is 35.9. The lowest BCUT2D eigenvalue weighted by Gasteiger charge is -2.07. The molecule has 0 aliphatic heterocycles. The Morgan fingerprint density at radius 2 is 1.61 bits per heavy atom. The lowest BCUT2D eigenvalue weighted by Crippen LogP contribution is -2.05. The Labute approximate surface area is 165 Å². The molecule has 0 atom stereocenters. The Kier molecular flexibility index (Phi) is 5.86. The molecule has 7 heteroatoms. The number of rotatable bonds is 6. The summed E-state index contributed by atoms with van der Waals surface area (Å²) in [5, 5.41) is 14.2. The minimum Gasteiger partial charge on any atom is -0.326 e. The van der Waals surface area contributed by atoms with Gasteiger partial charge in [0.25, 0.3) is 5.69 Å². The Balaban J connectivity index is 1.86. The molecule has 0 bridgehead atoms. The van der Waals surface area contributed by atoms with E-state index in [1.807, 2.05) is 0 Å². The standard InChI is InChI=1S/C21H16N2O4S/c1-14(24)22-17-8-10-18(11-9-17)28-20-12-7-16(13-19(20)23(26)27)21(25)15-5-3-2-4-6-15/h2-13H,1H3,(H,22,24). The number of nitro benzene ring substituents is 1. The lowest BCUT2D eigenvalue weighted by atomic mass is 10.0. The van der Waals surface area contributed by atoms with Crippen LogP contribution in [0.1, 0.15) is 22.8 Å². The van der Waals surface area contributed by atoms with Gasteiger partial charge in [-0.15, -0.1) is 0 Å². The van der Waals surface area contributed by atoms with Gasteiger partial charge in [-0.25, -0.2) is 0 Å². The van der Waals surface area contributed by atoms with E-state index in [0.717, 1.165) is 4.90 Å². The predicted molar refractivity (Wildman–Crippen MR) is 108 cm³/mol. The second-order valence-corrected chi connectivity index (χ2v) is 7.06. The number of nitrogens with one attached hydrogen (secondary N) is 1. The Bertz CT molecular complexity index is 1030. The van der Waals surface area contributed by atoms with E-state index in [1.54, 1.807) is 66.7 Å². The average molecular weight is 392 g/mol. The summed E-state index contributed by atoms with van der Waals surface area (Å²) in [6.07, 6.45) is 0. The first-order valence-electron chi connectivity index (χ1n) is 8.38. The average Bonchev–Trinajstić information content (AvgIpc) is 2.69. The van der Waals surface area contributed by atoms with Crippen LogP contribution in [0.5, 0.6) is 0 Å². The second-order valence-electron chi connectivity index (χ2n) is 5.94. The van der Waals surface area contributed by atoms with E-state index in [4.69, 9.17) is 0 Å².